The molecule has 1 unspecified atom stereocenters. The van der Waals surface area contributed by atoms with Crippen molar-refractivity contribution >= 4 is 18.3 Å². The van der Waals surface area contributed by atoms with Crippen molar-refractivity contribution in [3.05, 3.63) is 38.0 Å². The molecule has 0 aromatic heterocycles. The van der Waals surface area contributed by atoms with E-state index in [4.69, 9.17) is 14.2 Å². The SMILES string of the molecule is C=CCOC(=O)OCC(COC(=O)C=C)OC(=O)OCC=C. The van der Waals surface area contributed by atoms with Crippen molar-refractivity contribution in [3.63, 3.8) is 0 Å². The van der Waals surface area contributed by atoms with E-state index in [1.54, 1.807) is 0 Å². The Hall–Kier alpha value is -2.77. The zero-order valence-electron chi connectivity index (χ0n) is 12.0. The fraction of sp³-hybridized carbons (Fsp3) is 0.357. The maximum absolute atomic E-state index is 11.3. The Morgan fingerprint density at radius 2 is 1.36 bits per heavy atom. The minimum atomic E-state index is -1.06. The maximum Gasteiger partial charge on any atom is 0.509 e. The van der Waals surface area contributed by atoms with Crippen LogP contribution in [-0.2, 0) is 28.5 Å². The van der Waals surface area contributed by atoms with Gasteiger partial charge in [0, 0.05) is 6.08 Å². The van der Waals surface area contributed by atoms with Crippen molar-refractivity contribution < 1.29 is 38.1 Å². The summed E-state index contributed by atoms with van der Waals surface area (Å²) in [7, 11) is 0. The number of carbonyl (C=O) groups excluding carboxylic acids is 3. The maximum atomic E-state index is 11.3. The predicted octanol–water partition coefficient (Wildman–Crippen LogP) is 1.76. The zero-order chi connectivity index (χ0) is 16.8. The molecule has 0 spiro atoms. The second kappa shape index (κ2) is 12.0. The molecule has 1 atom stereocenters. The lowest BCUT2D eigenvalue weighted by Crippen LogP contribution is -2.31. The van der Waals surface area contributed by atoms with Crippen LogP contribution in [0.5, 0.6) is 0 Å². The molecule has 122 valence electrons. The van der Waals surface area contributed by atoms with Crippen molar-refractivity contribution in [1.29, 1.82) is 0 Å². The van der Waals surface area contributed by atoms with Gasteiger partial charge in [-0.2, -0.15) is 0 Å². The van der Waals surface area contributed by atoms with Crippen LogP contribution in [0.25, 0.3) is 0 Å². The topological polar surface area (TPSA) is 97.4 Å². The molecule has 0 saturated carbocycles. The van der Waals surface area contributed by atoms with Crippen LogP contribution in [0.2, 0.25) is 0 Å². The van der Waals surface area contributed by atoms with Crippen LogP contribution in [0.4, 0.5) is 9.59 Å². The van der Waals surface area contributed by atoms with Gasteiger partial charge in [-0.05, 0) is 0 Å². The molecule has 0 heterocycles. The molecule has 0 aromatic rings. The third kappa shape index (κ3) is 10.1. The van der Waals surface area contributed by atoms with E-state index >= 15 is 0 Å². The third-order valence-corrected chi connectivity index (χ3v) is 1.87. The molecule has 8 nitrogen and oxygen atoms in total. The van der Waals surface area contributed by atoms with Crippen molar-refractivity contribution in [2.75, 3.05) is 26.4 Å². The largest absolute Gasteiger partial charge is 0.509 e. The van der Waals surface area contributed by atoms with Crippen LogP contribution >= 0.6 is 0 Å². The van der Waals surface area contributed by atoms with E-state index in [9.17, 15) is 14.4 Å². The Morgan fingerprint density at radius 3 is 1.91 bits per heavy atom. The lowest BCUT2D eigenvalue weighted by atomic mass is 10.4. The summed E-state index contributed by atoms with van der Waals surface area (Å²) in [6.07, 6.45) is 0.570. The molecule has 0 N–H and O–H groups in total. The molecule has 0 bridgehead atoms. The fourth-order valence-corrected chi connectivity index (χ4v) is 0.977. The van der Waals surface area contributed by atoms with Crippen molar-refractivity contribution in [2.45, 2.75) is 6.10 Å². The average Bonchev–Trinajstić information content (AvgIpc) is 2.52. The van der Waals surface area contributed by atoms with E-state index in [1.807, 2.05) is 0 Å². The second-order valence-electron chi connectivity index (χ2n) is 3.58. The predicted molar refractivity (Wildman–Crippen MR) is 75.1 cm³/mol. The minimum absolute atomic E-state index is 0.0306. The summed E-state index contributed by atoms with van der Waals surface area (Å²) >= 11 is 0. The van der Waals surface area contributed by atoms with Gasteiger partial charge in [0.05, 0.1) is 0 Å². The van der Waals surface area contributed by atoms with Crippen LogP contribution < -0.4 is 0 Å². The van der Waals surface area contributed by atoms with Gasteiger partial charge >= 0.3 is 18.3 Å². The number of hydrogen-bond acceptors (Lipinski definition) is 8. The summed E-state index contributed by atoms with van der Waals surface area (Å²) in [6.45, 7) is 9.12. The highest BCUT2D eigenvalue weighted by Gasteiger charge is 2.20. The van der Waals surface area contributed by atoms with Crippen LogP contribution in [0.3, 0.4) is 0 Å². The van der Waals surface area contributed by atoms with Gasteiger partial charge < -0.3 is 23.7 Å². The number of rotatable bonds is 10. The lowest BCUT2D eigenvalue weighted by Gasteiger charge is -2.16. The Balaban J connectivity index is 4.36. The molecule has 0 fully saturated rings. The second-order valence-corrected chi connectivity index (χ2v) is 3.58. The molecule has 0 aliphatic heterocycles. The number of esters is 1. The lowest BCUT2D eigenvalue weighted by molar-refractivity contribution is -0.142. The Bertz CT molecular complexity index is 415. The Labute approximate surface area is 127 Å². The van der Waals surface area contributed by atoms with Crippen LogP contribution in [-0.4, -0.2) is 50.8 Å². The van der Waals surface area contributed by atoms with Crippen molar-refractivity contribution in [3.8, 4) is 0 Å². The van der Waals surface area contributed by atoms with Crippen molar-refractivity contribution in [2.24, 2.45) is 0 Å². The number of ether oxygens (including phenoxy) is 5. The van der Waals surface area contributed by atoms with E-state index in [-0.39, 0.29) is 26.4 Å². The van der Waals surface area contributed by atoms with Gasteiger partial charge in [0.15, 0.2) is 6.10 Å². The van der Waals surface area contributed by atoms with Crippen LogP contribution in [0, 0.1) is 0 Å². The van der Waals surface area contributed by atoms with Crippen LogP contribution in [0.1, 0.15) is 0 Å². The summed E-state index contributed by atoms with van der Waals surface area (Å²) in [5.41, 5.74) is 0. The third-order valence-electron chi connectivity index (χ3n) is 1.87. The summed E-state index contributed by atoms with van der Waals surface area (Å²) < 4.78 is 23.4. The molecule has 8 heteroatoms. The summed E-state index contributed by atoms with van der Waals surface area (Å²) in [6, 6.07) is 0. The Kier molecular flexibility index (Phi) is 10.5. The Morgan fingerprint density at radius 1 is 0.818 bits per heavy atom. The van der Waals surface area contributed by atoms with E-state index in [1.165, 1.54) is 12.2 Å². The summed E-state index contributed by atoms with van der Waals surface area (Å²) in [4.78, 5) is 33.4. The number of hydrogen-bond donors (Lipinski definition) is 0. The van der Waals surface area contributed by atoms with E-state index < -0.39 is 24.4 Å². The van der Waals surface area contributed by atoms with Gasteiger partial charge in [-0.25, -0.2) is 14.4 Å². The monoisotopic (exact) mass is 314 g/mol. The zero-order valence-corrected chi connectivity index (χ0v) is 12.0. The van der Waals surface area contributed by atoms with Gasteiger partial charge in [0.1, 0.15) is 26.4 Å². The summed E-state index contributed by atoms with van der Waals surface area (Å²) in [5, 5.41) is 0. The molecule has 0 aliphatic carbocycles. The molecule has 0 rings (SSSR count). The van der Waals surface area contributed by atoms with Gasteiger partial charge in [-0.15, -0.1) is 0 Å². The molecule has 0 aromatic carbocycles. The molecule has 0 aliphatic rings. The quantitative estimate of drug-likeness (QED) is 0.260. The van der Waals surface area contributed by atoms with E-state index in [2.05, 4.69) is 29.2 Å². The minimum Gasteiger partial charge on any atom is -0.458 e. The molecule has 0 saturated heterocycles. The first kappa shape index (κ1) is 19.2. The number of carbonyl (C=O) groups is 3. The molecule has 22 heavy (non-hydrogen) atoms. The van der Waals surface area contributed by atoms with Gasteiger partial charge in [-0.1, -0.05) is 31.9 Å². The molecule has 0 amide bonds. The first-order valence-corrected chi connectivity index (χ1v) is 6.17. The van der Waals surface area contributed by atoms with Crippen LogP contribution in [0.15, 0.2) is 38.0 Å². The van der Waals surface area contributed by atoms with Gasteiger partial charge in [0.25, 0.3) is 0 Å². The van der Waals surface area contributed by atoms with Crippen molar-refractivity contribution in [1.82, 2.24) is 0 Å². The highest BCUT2D eigenvalue weighted by Crippen LogP contribution is 2.01. The standard InChI is InChI=1S/C14H18O8/c1-4-7-18-13(16)21-10-11(9-20-12(15)6-3)22-14(17)19-8-5-2/h4-6,11H,1-3,7-10H2. The normalized spacial score (nSPS) is 10.5. The average molecular weight is 314 g/mol. The molecular weight excluding hydrogens is 296 g/mol. The van der Waals surface area contributed by atoms with Gasteiger partial charge in [-0.3, -0.25) is 0 Å². The first-order chi connectivity index (χ1) is 10.5. The van der Waals surface area contributed by atoms with E-state index in [0.29, 0.717) is 0 Å². The highest BCUT2D eigenvalue weighted by atomic mass is 16.8. The fourth-order valence-electron chi connectivity index (χ4n) is 0.977. The smallest absolute Gasteiger partial charge is 0.458 e. The van der Waals surface area contributed by atoms with Gasteiger partial charge in [0.2, 0.25) is 0 Å². The van der Waals surface area contributed by atoms with E-state index in [0.717, 1.165) is 6.08 Å². The molecular formula is C14H18O8. The first-order valence-electron chi connectivity index (χ1n) is 6.17. The molecule has 0 radical (unpaired) electrons. The highest BCUT2D eigenvalue weighted by molar-refractivity contribution is 5.81. The summed E-state index contributed by atoms with van der Waals surface area (Å²) in [5.74, 6) is -0.720.